The summed E-state index contributed by atoms with van der Waals surface area (Å²) in [5.41, 5.74) is 3.07. The van der Waals surface area contributed by atoms with Gasteiger partial charge in [0.15, 0.2) is 0 Å². The Kier molecular flexibility index (Phi) is 4.33. The van der Waals surface area contributed by atoms with Crippen molar-refractivity contribution < 1.29 is 17.7 Å². The smallest absolute Gasteiger partial charge is 0.356 e. The average molecular weight is 399 g/mol. The zero-order valence-electron chi connectivity index (χ0n) is 14.8. The number of alkyl halides is 3. The molecule has 0 amide bonds. The average Bonchev–Trinajstić information content (AvgIpc) is 3.19. The lowest BCUT2D eigenvalue weighted by Gasteiger charge is -2.35. The molecule has 0 saturated heterocycles. The van der Waals surface area contributed by atoms with Gasteiger partial charge in [0, 0.05) is 28.2 Å². The van der Waals surface area contributed by atoms with E-state index in [1.165, 1.54) is 0 Å². The minimum absolute atomic E-state index is 0.102. The third-order valence-electron chi connectivity index (χ3n) is 4.82. The molecule has 0 aliphatic carbocycles. The van der Waals surface area contributed by atoms with Crippen LogP contribution in [0.3, 0.4) is 0 Å². The van der Waals surface area contributed by atoms with E-state index in [-0.39, 0.29) is 12.1 Å². The molecule has 1 aliphatic heterocycles. The number of aromatic amines is 1. The molecule has 0 bridgehead atoms. The number of nitrogens with zero attached hydrogens (tertiary/aromatic N) is 3. The molecule has 0 spiro atoms. The highest BCUT2D eigenvalue weighted by Gasteiger charge is 2.40. The minimum atomic E-state index is -4.63. The summed E-state index contributed by atoms with van der Waals surface area (Å²) in [6.45, 7) is 4.63. The molecule has 2 aromatic heterocycles. The van der Waals surface area contributed by atoms with Gasteiger partial charge in [0.2, 0.25) is 0 Å². The summed E-state index contributed by atoms with van der Waals surface area (Å²) in [7, 11) is 0. The quantitative estimate of drug-likeness (QED) is 0.644. The van der Waals surface area contributed by atoms with Gasteiger partial charge in [0.1, 0.15) is 0 Å². The largest absolute Gasteiger partial charge is 0.455 e. The molecule has 5 nitrogen and oxygen atoms in total. The van der Waals surface area contributed by atoms with Crippen molar-refractivity contribution in [2.24, 2.45) is 5.92 Å². The molecule has 1 aromatic carbocycles. The first-order valence-corrected chi connectivity index (χ1v) is 9.09. The van der Waals surface area contributed by atoms with Crippen LogP contribution in [0.1, 0.15) is 43.4 Å². The minimum Gasteiger partial charge on any atom is -0.356 e. The fraction of sp³-hybridized carbons (Fsp3) is 0.444. The lowest BCUT2D eigenvalue weighted by atomic mass is 9.92. The molecule has 9 heteroatoms. The number of anilines is 1. The SMILES string of the molecule is CC(C)C[C@H]1c2[nH]c3ccc(Cl)cc3c2CCN1c1nc(C(F)(F)F)no1. The number of hydrogen-bond donors (Lipinski definition) is 1. The molecular weight excluding hydrogens is 381 g/mol. The van der Waals surface area contributed by atoms with E-state index in [9.17, 15) is 13.2 Å². The second kappa shape index (κ2) is 6.44. The summed E-state index contributed by atoms with van der Waals surface area (Å²) in [6, 6.07) is 5.37. The van der Waals surface area contributed by atoms with E-state index in [2.05, 4.69) is 29.0 Å². The van der Waals surface area contributed by atoms with Crippen LogP contribution in [-0.4, -0.2) is 21.7 Å². The van der Waals surface area contributed by atoms with Gasteiger partial charge in [-0.2, -0.15) is 18.2 Å². The zero-order chi connectivity index (χ0) is 19.3. The van der Waals surface area contributed by atoms with Crippen LogP contribution in [0.5, 0.6) is 0 Å². The number of hydrogen-bond acceptors (Lipinski definition) is 4. The Balaban J connectivity index is 1.78. The molecule has 1 aliphatic rings. The lowest BCUT2D eigenvalue weighted by Crippen LogP contribution is -2.36. The van der Waals surface area contributed by atoms with E-state index in [1.54, 1.807) is 4.90 Å². The molecule has 0 fully saturated rings. The van der Waals surface area contributed by atoms with Crippen LogP contribution in [0.15, 0.2) is 22.7 Å². The van der Waals surface area contributed by atoms with Crippen molar-refractivity contribution in [2.75, 3.05) is 11.4 Å². The molecule has 4 rings (SSSR count). The Morgan fingerprint density at radius 2 is 2.15 bits per heavy atom. The number of aromatic nitrogens is 3. The van der Waals surface area contributed by atoms with E-state index >= 15 is 0 Å². The van der Waals surface area contributed by atoms with Gasteiger partial charge in [-0.3, -0.25) is 0 Å². The van der Waals surface area contributed by atoms with Crippen molar-refractivity contribution in [2.45, 2.75) is 38.9 Å². The first-order valence-electron chi connectivity index (χ1n) is 8.71. The van der Waals surface area contributed by atoms with Crippen molar-refractivity contribution in [1.29, 1.82) is 0 Å². The first-order chi connectivity index (χ1) is 12.7. The van der Waals surface area contributed by atoms with Crippen molar-refractivity contribution in [1.82, 2.24) is 15.1 Å². The van der Waals surface area contributed by atoms with Gasteiger partial charge in [0.05, 0.1) is 6.04 Å². The molecule has 0 unspecified atom stereocenters. The number of rotatable bonds is 3. The second-order valence-electron chi connectivity index (χ2n) is 7.19. The molecule has 144 valence electrons. The van der Waals surface area contributed by atoms with Crippen LogP contribution >= 0.6 is 11.6 Å². The summed E-state index contributed by atoms with van der Waals surface area (Å²) in [4.78, 5) is 8.78. The Bertz CT molecular complexity index is 979. The van der Waals surface area contributed by atoms with Gasteiger partial charge in [-0.05, 0) is 47.7 Å². The Hall–Kier alpha value is -2.22. The van der Waals surface area contributed by atoms with Crippen LogP contribution in [-0.2, 0) is 12.6 Å². The third-order valence-corrected chi connectivity index (χ3v) is 5.06. The molecule has 27 heavy (non-hydrogen) atoms. The highest BCUT2D eigenvalue weighted by molar-refractivity contribution is 6.31. The highest BCUT2D eigenvalue weighted by Crippen LogP contribution is 2.41. The molecule has 3 aromatic rings. The van der Waals surface area contributed by atoms with E-state index in [4.69, 9.17) is 16.1 Å². The van der Waals surface area contributed by atoms with Crippen LogP contribution in [0.2, 0.25) is 5.02 Å². The van der Waals surface area contributed by atoms with Crippen LogP contribution in [0.4, 0.5) is 19.2 Å². The summed E-state index contributed by atoms with van der Waals surface area (Å²) in [6.07, 6.45) is -3.25. The summed E-state index contributed by atoms with van der Waals surface area (Å²) in [5, 5.41) is 4.81. The number of halogens is 4. The predicted octanol–water partition coefficient (Wildman–Crippen LogP) is 5.37. The second-order valence-corrected chi connectivity index (χ2v) is 7.63. The van der Waals surface area contributed by atoms with Crippen molar-refractivity contribution in [3.05, 3.63) is 40.3 Å². The van der Waals surface area contributed by atoms with Gasteiger partial charge >= 0.3 is 12.2 Å². The number of fused-ring (bicyclic) bond motifs is 3. The van der Waals surface area contributed by atoms with E-state index in [1.807, 2.05) is 18.2 Å². The molecular formula is C18H18ClF3N4O. The Morgan fingerprint density at radius 1 is 1.37 bits per heavy atom. The summed E-state index contributed by atoms with van der Waals surface area (Å²) >= 11 is 6.14. The van der Waals surface area contributed by atoms with Crippen molar-refractivity contribution in [3.63, 3.8) is 0 Å². The van der Waals surface area contributed by atoms with Crippen molar-refractivity contribution in [3.8, 4) is 0 Å². The van der Waals surface area contributed by atoms with E-state index in [0.29, 0.717) is 23.9 Å². The van der Waals surface area contributed by atoms with Crippen LogP contribution in [0.25, 0.3) is 10.9 Å². The first kappa shape index (κ1) is 18.2. The topological polar surface area (TPSA) is 58.0 Å². The molecule has 0 saturated carbocycles. The van der Waals surface area contributed by atoms with Gasteiger partial charge in [-0.25, -0.2) is 0 Å². The van der Waals surface area contributed by atoms with Gasteiger partial charge in [0.25, 0.3) is 5.82 Å². The number of benzene rings is 1. The standard InChI is InChI=1S/C18H18ClF3N4O/c1-9(2)7-14-15-11(12-8-10(19)3-4-13(12)23-15)5-6-26(14)17-24-16(25-27-17)18(20,21)22/h3-4,8-9,14,23H,5-7H2,1-2H3/t14-/m0/s1. The van der Waals surface area contributed by atoms with Gasteiger partial charge in [-0.1, -0.05) is 25.4 Å². The van der Waals surface area contributed by atoms with E-state index < -0.39 is 12.0 Å². The molecule has 3 heterocycles. The maximum Gasteiger partial charge on any atom is 0.455 e. The Morgan fingerprint density at radius 3 is 2.81 bits per heavy atom. The summed E-state index contributed by atoms with van der Waals surface area (Å²) < 4.78 is 43.6. The monoisotopic (exact) mass is 398 g/mol. The van der Waals surface area contributed by atoms with Crippen LogP contribution < -0.4 is 4.90 Å². The maximum atomic E-state index is 12.9. The fourth-order valence-corrected chi connectivity index (χ4v) is 3.88. The van der Waals surface area contributed by atoms with E-state index in [0.717, 1.165) is 28.6 Å². The molecule has 1 atom stereocenters. The Labute approximate surface area is 158 Å². The third kappa shape index (κ3) is 3.26. The highest BCUT2D eigenvalue weighted by atomic mass is 35.5. The number of H-pyrrole nitrogens is 1. The zero-order valence-corrected chi connectivity index (χ0v) is 15.5. The summed E-state index contributed by atoms with van der Waals surface area (Å²) in [5.74, 6) is -0.932. The van der Waals surface area contributed by atoms with Gasteiger partial charge < -0.3 is 14.4 Å². The molecule has 0 radical (unpaired) electrons. The lowest BCUT2D eigenvalue weighted by molar-refractivity contribution is -0.146. The molecule has 1 N–H and O–H groups in total. The predicted molar refractivity (Wildman–Crippen MR) is 95.9 cm³/mol. The normalized spacial score (nSPS) is 17.7. The van der Waals surface area contributed by atoms with Crippen LogP contribution in [0, 0.1) is 5.92 Å². The number of nitrogens with one attached hydrogen (secondary N) is 1. The van der Waals surface area contributed by atoms with Crippen molar-refractivity contribution >= 4 is 28.5 Å². The van der Waals surface area contributed by atoms with Gasteiger partial charge in [-0.15, -0.1) is 0 Å². The maximum absolute atomic E-state index is 12.9. The fourth-order valence-electron chi connectivity index (χ4n) is 3.71.